The maximum absolute atomic E-state index is 11.7. The van der Waals surface area contributed by atoms with E-state index < -0.39 is 10.5 Å². The van der Waals surface area contributed by atoms with Crippen molar-refractivity contribution in [3.05, 3.63) is 49.6 Å². The third-order valence-electron chi connectivity index (χ3n) is 2.87. The first-order chi connectivity index (χ1) is 7.93. The second kappa shape index (κ2) is 5.60. The molecule has 2 rings (SSSR count). The second-order valence-corrected chi connectivity index (χ2v) is 3.84. The largest absolute Gasteiger partial charge is 1.00 e. The quantitative estimate of drug-likeness (QED) is 0.579. The summed E-state index contributed by atoms with van der Waals surface area (Å²) in [6, 6.07) is 2.78. The molecule has 0 aliphatic rings. The third kappa shape index (κ3) is 2.42. The van der Waals surface area contributed by atoms with Crippen LogP contribution in [0.25, 0.3) is 16.5 Å². The van der Waals surface area contributed by atoms with Crippen LogP contribution in [0.5, 0.6) is 0 Å². The number of aryl methyl sites for hydroxylation is 2. The van der Waals surface area contributed by atoms with Crippen LogP contribution in [0.2, 0.25) is 0 Å². The van der Waals surface area contributed by atoms with E-state index in [9.17, 15) is 14.9 Å². The Morgan fingerprint density at radius 2 is 1.94 bits per heavy atom. The molecule has 1 heterocycles. The molecule has 2 N–H and O–H groups in total. The Morgan fingerprint density at radius 1 is 1.33 bits per heavy atom. The molecular weight excluding hydrogens is 308 g/mol. The van der Waals surface area contributed by atoms with Crippen LogP contribution in [-0.4, -0.2) is 9.91 Å². The van der Waals surface area contributed by atoms with Crippen molar-refractivity contribution in [3.63, 3.8) is 0 Å². The van der Waals surface area contributed by atoms with Crippen LogP contribution < -0.4 is 63.7 Å². The molecular formula is C11H10N3O3Rb. The van der Waals surface area contributed by atoms with Crippen molar-refractivity contribution in [2.24, 2.45) is 0 Å². The molecule has 18 heavy (non-hydrogen) atoms. The summed E-state index contributed by atoms with van der Waals surface area (Å²) >= 11 is 0. The number of nitro benzene ring substituents is 1. The number of benzene rings is 1. The van der Waals surface area contributed by atoms with Crippen LogP contribution in [0.4, 0.5) is 11.4 Å². The van der Waals surface area contributed by atoms with Crippen LogP contribution in [0.3, 0.4) is 0 Å². The van der Waals surface area contributed by atoms with E-state index in [1.807, 2.05) is 0 Å². The van der Waals surface area contributed by atoms with Crippen LogP contribution in [-0.2, 0) is 0 Å². The van der Waals surface area contributed by atoms with Gasteiger partial charge in [-0.2, -0.15) is 0 Å². The van der Waals surface area contributed by atoms with Gasteiger partial charge in [-0.25, -0.2) is 0 Å². The zero-order valence-electron chi connectivity index (χ0n) is 10.3. The molecule has 2 aromatic rings. The molecule has 88 valence electrons. The number of hydrogen-bond acceptors (Lipinski definition) is 3. The summed E-state index contributed by atoms with van der Waals surface area (Å²) in [6.07, 6.45) is 0. The molecule has 0 aliphatic heterocycles. The molecule has 7 heteroatoms. The third-order valence-corrected chi connectivity index (χ3v) is 2.87. The molecule has 6 nitrogen and oxygen atoms in total. The number of aromatic nitrogens is 1. The van der Waals surface area contributed by atoms with Crippen molar-refractivity contribution in [1.82, 2.24) is 4.98 Å². The Balaban J connectivity index is 0.00000162. The van der Waals surface area contributed by atoms with E-state index in [1.54, 1.807) is 13.8 Å². The topological polar surface area (TPSA) is 99.8 Å². The summed E-state index contributed by atoms with van der Waals surface area (Å²) in [5.74, 6) is 0. The van der Waals surface area contributed by atoms with E-state index in [0.717, 1.165) is 5.56 Å². The Morgan fingerprint density at radius 3 is 2.50 bits per heavy atom. The molecule has 1 aromatic carbocycles. The van der Waals surface area contributed by atoms with E-state index in [4.69, 9.17) is 5.73 Å². The molecule has 0 spiro atoms. The second-order valence-electron chi connectivity index (χ2n) is 3.84. The van der Waals surface area contributed by atoms with Gasteiger partial charge in [-0.3, -0.25) is 14.9 Å². The normalized spacial score (nSPS) is 10.1. The first kappa shape index (κ1) is 15.5. The van der Waals surface area contributed by atoms with Crippen molar-refractivity contribution >= 4 is 22.1 Å². The fourth-order valence-electron chi connectivity index (χ4n) is 1.82. The van der Waals surface area contributed by atoms with Gasteiger partial charge in [-0.15, -0.1) is 0 Å². The molecule has 1 aromatic heterocycles. The predicted molar refractivity (Wildman–Crippen MR) is 64.7 cm³/mol. The van der Waals surface area contributed by atoms with Crippen molar-refractivity contribution in [2.45, 2.75) is 13.8 Å². The van der Waals surface area contributed by atoms with E-state index in [2.05, 4.69) is 4.98 Å². The van der Waals surface area contributed by atoms with Crippen molar-refractivity contribution in [2.75, 3.05) is 0 Å². The number of H-pyrrole nitrogens is 1. The smallest absolute Gasteiger partial charge is 0.693 e. The Labute approximate surface area is 152 Å². The first-order valence-corrected chi connectivity index (χ1v) is 4.95. The average molecular weight is 318 g/mol. The monoisotopic (exact) mass is 317 g/mol. The summed E-state index contributed by atoms with van der Waals surface area (Å²) in [4.78, 5) is 24.4. The van der Waals surface area contributed by atoms with Crippen LogP contribution in [0.1, 0.15) is 11.3 Å². The van der Waals surface area contributed by atoms with Gasteiger partial charge >= 0.3 is 58.2 Å². The number of fused-ring (bicyclic) bond motifs is 1. The number of pyridine rings is 1. The molecule has 0 radical (unpaired) electrons. The predicted octanol–water partition coefficient (Wildman–Crippen LogP) is -0.259. The standard InChI is InChI=1S/C11H11N3O3.Rb/c1-5-6(2)13-11(15)9-7(5)3-4-8(10(9)12)14(16)17;/h3-4H,1-2H3,(H3,12,13,15);/q;+1/p-1. The summed E-state index contributed by atoms with van der Waals surface area (Å²) in [5, 5.41) is 11.4. The molecule has 0 atom stereocenters. The zero-order chi connectivity index (χ0) is 12.7. The minimum absolute atomic E-state index is 0. The number of hydrogen-bond donors (Lipinski definition) is 1. The van der Waals surface area contributed by atoms with Gasteiger partial charge < -0.3 is 10.7 Å². The molecule has 0 amide bonds. The molecule has 0 saturated heterocycles. The maximum atomic E-state index is 11.7. The van der Waals surface area contributed by atoms with Gasteiger partial charge in [0.05, 0.1) is 4.92 Å². The SMILES string of the molecule is Cc1[nH]c(=O)c2c([NH-])c([N+](=O)[O-])ccc2c1C.[Rb+]. The van der Waals surface area contributed by atoms with Gasteiger partial charge in [0.25, 0.3) is 11.2 Å². The first-order valence-electron chi connectivity index (χ1n) is 4.95. The zero-order valence-corrected chi connectivity index (χ0v) is 15.2. The fraction of sp³-hybridized carbons (Fsp3) is 0.182. The Hall–Kier alpha value is -0.565. The number of rotatable bonds is 1. The van der Waals surface area contributed by atoms with Gasteiger partial charge in [-0.05, 0) is 36.6 Å². The summed E-state index contributed by atoms with van der Waals surface area (Å²) < 4.78 is 0. The average Bonchev–Trinajstić information content (AvgIpc) is 2.25. The minimum Gasteiger partial charge on any atom is -0.693 e. The molecule has 0 aliphatic carbocycles. The number of aromatic amines is 1. The van der Waals surface area contributed by atoms with Crippen LogP contribution in [0, 0.1) is 24.0 Å². The Kier molecular flexibility index (Phi) is 4.82. The van der Waals surface area contributed by atoms with Crippen molar-refractivity contribution < 1.29 is 63.1 Å². The Bertz CT molecular complexity index is 694. The van der Waals surface area contributed by atoms with Crippen molar-refractivity contribution in [3.8, 4) is 0 Å². The molecule has 0 bridgehead atoms. The molecule has 0 fully saturated rings. The van der Waals surface area contributed by atoms with E-state index in [0.29, 0.717) is 11.1 Å². The van der Waals surface area contributed by atoms with Gasteiger partial charge in [0, 0.05) is 17.1 Å². The van der Waals surface area contributed by atoms with Crippen LogP contribution in [0.15, 0.2) is 16.9 Å². The molecule has 0 saturated carbocycles. The number of nitrogens with one attached hydrogen (secondary N) is 2. The van der Waals surface area contributed by atoms with Crippen molar-refractivity contribution in [1.29, 1.82) is 0 Å². The fourth-order valence-corrected chi connectivity index (χ4v) is 1.82. The van der Waals surface area contributed by atoms with Gasteiger partial charge in [-0.1, -0.05) is 0 Å². The summed E-state index contributed by atoms with van der Waals surface area (Å²) in [7, 11) is 0. The maximum Gasteiger partial charge on any atom is 1.00 e. The van der Waals surface area contributed by atoms with E-state index in [1.165, 1.54) is 12.1 Å². The van der Waals surface area contributed by atoms with Crippen LogP contribution >= 0.6 is 0 Å². The van der Waals surface area contributed by atoms with E-state index in [-0.39, 0.29) is 74.9 Å². The van der Waals surface area contributed by atoms with Gasteiger partial charge in [0.2, 0.25) is 0 Å². The number of nitrogens with zero attached hydrogens (tertiary/aromatic N) is 1. The minimum atomic E-state index is -0.656. The molecule has 0 unspecified atom stereocenters. The number of nitro groups is 1. The van der Waals surface area contributed by atoms with Gasteiger partial charge in [0.15, 0.2) is 0 Å². The van der Waals surface area contributed by atoms with Gasteiger partial charge in [0.1, 0.15) is 0 Å². The summed E-state index contributed by atoms with van der Waals surface area (Å²) in [5.41, 5.74) is 8.09. The van der Waals surface area contributed by atoms with E-state index >= 15 is 0 Å². The summed E-state index contributed by atoms with van der Waals surface area (Å²) in [6.45, 7) is 3.56.